The molecule has 0 amide bonds. The molecule has 0 aromatic carbocycles. The first-order chi connectivity index (χ1) is 9.24. The second kappa shape index (κ2) is 7.05. The quantitative estimate of drug-likeness (QED) is 0.486. The molecule has 0 bridgehead atoms. The lowest BCUT2D eigenvalue weighted by Crippen LogP contribution is -2.49. The molecule has 0 aromatic rings. The highest BCUT2D eigenvalue weighted by atomic mass is 16.5. The molecule has 0 radical (unpaired) electrons. The van der Waals surface area contributed by atoms with E-state index < -0.39 is 0 Å². The van der Waals surface area contributed by atoms with Gasteiger partial charge in [0.25, 0.3) is 0 Å². The van der Waals surface area contributed by atoms with Gasteiger partial charge in [0.2, 0.25) is 0 Å². The number of ether oxygens (including phenoxy) is 1. The third-order valence-electron chi connectivity index (χ3n) is 5.79. The zero-order valence-electron chi connectivity index (χ0n) is 13.2. The van der Waals surface area contributed by atoms with Gasteiger partial charge in [0.15, 0.2) is 0 Å². The summed E-state index contributed by atoms with van der Waals surface area (Å²) in [5.41, 5.74) is 0. The van der Waals surface area contributed by atoms with Crippen LogP contribution in [0.15, 0.2) is 0 Å². The first-order valence-electron chi connectivity index (χ1n) is 8.52. The van der Waals surface area contributed by atoms with Crippen LogP contribution in [-0.4, -0.2) is 74.5 Å². The third kappa shape index (κ3) is 3.93. The number of likely N-dealkylation sites (tertiary alicyclic amines) is 2. The Bertz CT molecular complexity index is 229. The molecule has 0 N–H and O–H groups in total. The average Bonchev–Trinajstić information content (AvgIpc) is 3.09. The van der Waals surface area contributed by atoms with Gasteiger partial charge in [0.05, 0.1) is 52.5 Å². The van der Waals surface area contributed by atoms with Crippen LogP contribution in [0.25, 0.3) is 0 Å². The summed E-state index contributed by atoms with van der Waals surface area (Å²) in [6.07, 6.45) is 5.68. The van der Waals surface area contributed by atoms with Gasteiger partial charge in [-0.25, -0.2) is 0 Å². The Morgan fingerprint density at radius 1 is 0.684 bits per heavy atom. The van der Waals surface area contributed by atoms with Crippen molar-refractivity contribution in [2.45, 2.75) is 39.5 Å². The predicted octanol–water partition coefficient (Wildman–Crippen LogP) is 2.26. The van der Waals surface area contributed by atoms with Crippen LogP contribution in [-0.2, 0) is 4.74 Å². The molecule has 3 nitrogen and oxygen atoms in total. The molecule has 2 aliphatic rings. The van der Waals surface area contributed by atoms with Crippen LogP contribution in [0.2, 0.25) is 0 Å². The van der Waals surface area contributed by atoms with Crippen LogP contribution in [0.5, 0.6) is 0 Å². The van der Waals surface area contributed by atoms with E-state index in [1.54, 1.807) is 0 Å². The van der Waals surface area contributed by atoms with Gasteiger partial charge in [-0.3, -0.25) is 0 Å². The van der Waals surface area contributed by atoms with Crippen LogP contribution in [0.4, 0.5) is 0 Å². The van der Waals surface area contributed by atoms with Gasteiger partial charge in [-0.15, -0.1) is 0 Å². The number of likely N-dealkylation sites (N-methyl/N-ethyl adjacent to an activating group) is 2. The van der Waals surface area contributed by atoms with E-state index in [0.717, 1.165) is 13.2 Å². The summed E-state index contributed by atoms with van der Waals surface area (Å²) in [6, 6.07) is 0. The Morgan fingerprint density at radius 2 is 1.05 bits per heavy atom. The van der Waals surface area contributed by atoms with E-state index in [1.165, 1.54) is 87.0 Å². The number of quaternary nitrogens is 2. The van der Waals surface area contributed by atoms with Crippen molar-refractivity contribution >= 4 is 0 Å². The summed E-state index contributed by atoms with van der Waals surface area (Å²) < 4.78 is 8.61. The van der Waals surface area contributed by atoms with Crippen molar-refractivity contribution in [1.29, 1.82) is 0 Å². The molecule has 0 saturated carbocycles. The van der Waals surface area contributed by atoms with Crippen molar-refractivity contribution in [2.75, 3.05) is 65.6 Å². The lowest BCUT2D eigenvalue weighted by Gasteiger charge is -2.34. The molecular weight excluding hydrogens is 236 g/mol. The second-order valence-electron chi connectivity index (χ2n) is 6.68. The summed E-state index contributed by atoms with van der Waals surface area (Å²) >= 11 is 0. The average molecular weight is 270 g/mol. The van der Waals surface area contributed by atoms with Crippen LogP contribution in [0.3, 0.4) is 0 Å². The predicted molar refractivity (Wildman–Crippen MR) is 80.1 cm³/mol. The highest BCUT2D eigenvalue weighted by Gasteiger charge is 2.31. The van der Waals surface area contributed by atoms with E-state index in [4.69, 9.17) is 4.74 Å². The SMILES string of the molecule is CC[N+]1(CCOCC[N+]2(CC)CCCC2)CCCC1. The van der Waals surface area contributed by atoms with E-state index in [9.17, 15) is 0 Å². The van der Waals surface area contributed by atoms with Gasteiger partial charge in [0.1, 0.15) is 13.1 Å². The molecule has 0 atom stereocenters. The van der Waals surface area contributed by atoms with E-state index in [2.05, 4.69) is 13.8 Å². The van der Waals surface area contributed by atoms with Gasteiger partial charge in [-0.1, -0.05) is 0 Å². The van der Waals surface area contributed by atoms with Crippen molar-refractivity contribution in [3.05, 3.63) is 0 Å². The zero-order valence-corrected chi connectivity index (χ0v) is 13.2. The molecule has 0 spiro atoms. The smallest absolute Gasteiger partial charge is 0.102 e. The normalized spacial score (nSPS) is 24.9. The molecule has 2 aliphatic heterocycles. The first-order valence-corrected chi connectivity index (χ1v) is 8.52. The minimum Gasteiger partial charge on any atom is -0.370 e. The summed E-state index contributed by atoms with van der Waals surface area (Å²) in [4.78, 5) is 0. The maximum Gasteiger partial charge on any atom is 0.102 e. The molecule has 19 heavy (non-hydrogen) atoms. The van der Waals surface area contributed by atoms with E-state index in [0.29, 0.717) is 0 Å². The van der Waals surface area contributed by atoms with Gasteiger partial charge in [0, 0.05) is 25.7 Å². The summed E-state index contributed by atoms with van der Waals surface area (Å²) in [6.45, 7) is 17.2. The molecule has 2 rings (SSSR count). The second-order valence-corrected chi connectivity index (χ2v) is 6.68. The maximum absolute atomic E-state index is 5.98. The lowest BCUT2D eigenvalue weighted by atomic mass is 10.4. The fraction of sp³-hybridized carbons (Fsp3) is 1.00. The lowest BCUT2D eigenvalue weighted by molar-refractivity contribution is -0.918. The first kappa shape index (κ1) is 15.3. The van der Waals surface area contributed by atoms with Crippen molar-refractivity contribution in [3.8, 4) is 0 Å². The Hall–Kier alpha value is -0.120. The molecule has 3 heteroatoms. The van der Waals surface area contributed by atoms with E-state index >= 15 is 0 Å². The number of hydrogen-bond donors (Lipinski definition) is 0. The Balaban J connectivity index is 1.61. The van der Waals surface area contributed by atoms with Gasteiger partial charge < -0.3 is 13.7 Å². The Morgan fingerprint density at radius 3 is 1.37 bits per heavy atom. The molecule has 0 aliphatic carbocycles. The van der Waals surface area contributed by atoms with Crippen LogP contribution in [0, 0.1) is 0 Å². The summed E-state index contributed by atoms with van der Waals surface area (Å²) in [5, 5.41) is 0. The number of nitrogens with zero attached hydrogens (tertiary/aromatic N) is 2. The molecule has 112 valence electrons. The molecule has 0 aromatic heterocycles. The molecule has 2 fully saturated rings. The molecule has 2 heterocycles. The standard InChI is InChI=1S/C16H34N2O/c1-3-17(9-5-6-10-17)13-15-19-16-14-18(4-2)11-7-8-12-18/h3-16H2,1-2H3/q+2. The maximum atomic E-state index is 5.98. The fourth-order valence-electron chi connectivity index (χ4n) is 4.03. The Kier molecular flexibility index (Phi) is 5.67. The van der Waals surface area contributed by atoms with Crippen molar-refractivity contribution < 1.29 is 13.7 Å². The molecule has 2 saturated heterocycles. The fourth-order valence-corrected chi connectivity index (χ4v) is 4.03. The van der Waals surface area contributed by atoms with E-state index in [-0.39, 0.29) is 0 Å². The van der Waals surface area contributed by atoms with Crippen LogP contribution < -0.4 is 0 Å². The largest absolute Gasteiger partial charge is 0.370 e. The van der Waals surface area contributed by atoms with Crippen molar-refractivity contribution in [2.24, 2.45) is 0 Å². The van der Waals surface area contributed by atoms with Crippen molar-refractivity contribution in [3.63, 3.8) is 0 Å². The topological polar surface area (TPSA) is 9.23 Å². The van der Waals surface area contributed by atoms with Gasteiger partial charge in [-0.05, 0) is 13.8 Å². The summed E-state index contributed by atoms with van der Waals surface area (Å²) in [7, 11) is 0. The van der Waals surface area contributed by atoms with E-state index in [1.807, 2.05) is 0 Å². The zero-order chi connectivity index (χ0) is 13.6. The minimum atomic E-state index is 0.970. The highest BCUT2D eigenvalue weighted by molar-refractivity contribution is 4.55. The van der Waals surface area contributed by atoms with Crippen molar-refractivity contribution in [1.82, 2.24) is 0 Å². The molecule has 0 unspecified atom stereocenters. The minimum absolute atomic E-state index is 0.970. The number of rotatable bonds is 8. The number of hydrogen-bond acceptors (Lipinski definition) is 1. The third-order valence-corrected chi connectivity index (χ3v) is 5.79. The van der Waals surface area contributed by atoms with Crippen LogP contribution in [0.1, 0.15) is 39.5 Å². The Labute approximate surface area is 119 Å². The monoisotopic (exact) mass is 270 g/mol. The molecular formula is C16H34N2O+2. The van der Waals surface area contributed by atoms with Gasteiger partial charge in [-0.2, -0.15) is 0 Å². The highest BCUT2D eigenvalue weighted by Crippen LogP contribution is 2.19. The summed E-state index contributed by atoms with van der Waals surface area (Å²) in [5.74, 6) is 0. The van der Waals surface area contributed by atoms with Crippen LogP contribution >= 0.6 is 0 Å². The van der Waals surface area contributed by atoms with Gasteiger partial charge >= 0.3 is 0 Å².